The molecule has 0 amide bonds. The van der Waals surface area contributed by atoms with Crippen LogP contribution in [0.1, 0.15) is 0 Å². The smallest absolute Gasteiger partial charge is 0.164 e. The Morgan fingerprint density at radius 1 is 0.231 bits per heavy atom. The zero-order valence-electron chi connectivity index (χ0n) is 27.8. The van der Waals surface area contributed by atoms with Crippen LogP contribution in [0.2, 0.25) is 0 Å². The van der Waals surface area contributed by atoms with E-state index in [1.165, 1.54) is 16.5 Å². The molecule has 0 spiro atoms. The first-order valence-electron chi connectivity index (χ1n) is 17.2. The number of fused-ring (bicyclic) bond motifs is 3. The Labute approximate surface area is 300 Å². The monoisotopic (exact) mass is 664 g/mol. The van der Waals surface area contributed by atoms with E-state index in [0.717, 1.165) is 49.9 Å². The highest BCUT2D eigenvalue weighted by Crippen LogP contribution is 2.50. The van der Waals surface area contributed by atoms with E-state index in [2.05, 4.69) is 48.5 Å². The van der Waals surface area contributed by atoms with Crippen molar-refractivity contribution >= 4 is 10.8 Å². The molecule has 0 saturated heterocycles. The summed E-state index contributed by atoms with van der Waals surface area (Å²) in [6.07, 6.45) is 0. The summed E-state index contributed by atoms with van der Waals surface area (Å²) >= 11 is 0. The van der Waals surface area contributed by atoms with E-state index >= 15 is 0 Å². The zero-order valence-corrected chi connectivity index (χ0v) is 27.8. The average molecular weight is 665 g/mol. The Morgan fingerprint density at radius 2 is 0.615 bits per heavy atom. The fraction of sp³-hybridized carbons (Fsp3) is 0. The van der Waals surface area contributed by atoms with E-state index in [0.29, 0.717) is 34.9 Å². The van der Waals surface area contributed by atoms with Crippen LogP contribution in [0.25, 0.3) is 101 Å². The van der Waals surface area contributed by atoms with Gasteiger partial charge in [0.15, 0.2) is 34.9 Å². The Kier molecular flexibility index (Phi) is 7.03. The van der Waals surface area contributed by atoms with Crippen LogP contribution in [-0.2, 0) is 0 Å². The van der Waals surface area contributed by atoms with Crippen molar-refractivity contribution in [2.75, 3.05) is 0 Å². The molecule has 6 heteroatoms. The van der Waals surface area contributed by atoms with Gasteiger partial charge in [0, 0.05) is 33.4 Å². The SMILES string of the molecule is c1ccc(-c2nc(-c3ccccc3)nc(-c3ccc4c(c3)-c3cccc5c(-c6nc(-c7ccccc7)nc(-c7ccccc7)n6)ccc-4c35)n2)cc1. The number of hydrogen-bond donors (Lipinski definition) is 0. The first-order valence-corrected chi connectivity index (χ1v) is 17.2. The largest absolute Gasteiger partial charge is 0.208 e. The number of rotatable bonds is 6. The summed E-state index contributed by atoms with van der Waals surface area (Å²) in [6, 6.07) is 57.7. The number of aromatic nitrogens is 6. The van der Waals surface area contributed by atoms with Crippen LogP contribution in [0.3, 0.4) is 0 Å². The molecular formula is C46H28N6. The van der Waals surface area contributed by atoms with Gasteiger partial charge in [-0.1, -0.05) is 158 Å². The highest BCUT2D eigenvalue weighted by molar-refractivity contribution is 6.18. The Hall–Kier alpha value is -7.18. The third-order valence-electron chi connectivity index (χ3n) is 9.54. The van der Waals surface area contributed by atoms with Crippen LogP contribution >= 0.6 is 0 Å². The van der Waals surface area contributed by atoms with Gasteiger partial charge in [0.05, 0.1) is 0 Å². The van der Waals surface area contributed by atoms with E-state index in [1.807, 2.05) is 121 Å². The minimum atomic E-state index is 0.631. The first-order chi connectivity index (χ1) is 25.8. The third-order valence-corrected chi connectivity index (χ3v) is 9.54. The molecule has 0 unspecified atom stereocenters. The lowest BCUT2D eigenvalue weighted by Gasteiger charge is -2.11. The van der Waals surface area contributed by atoms with Crippen LogP contribution in [0, 0.1) is 0 Å². The lowest BCUT2D eigenvalue weighted by atomic mass is 9.98. The van der Waals surface area contributed by atoms with Gasteiger partial charge in [-0.05, 0) is 45.2 Å². The highest BCUT2D eigenvalue weighted by atomic mass is 15.0. The lowest BCUT2D eigenvalue weighted by molar-refractivity contribution is 1.07. The molecule has 0 bridgehead atoms. The van der Waals surface area contributed by atoms with Gasteiger partial charge in [-0.3, -0.25) is 0 Å². The second kappa shape index (κ2) is 12.3. The molecule has 10 rings (SSSR count). The molecule has 0 radical (unpaired) electrons. The predicted octanol–water partition coefficient (Wildman–Crippen LogP) is 10.9. The molecule has 0 atom stereocenters. The highest BCUT2D eigenvalue weighted by Gasteiger charge is 2.25. The van der Waals surface area contributed by atoms with E-state index in [9.17, 15) is 0 Å². The van der Waals surface area contributed by atoms with Crippen LogP contribution in [-0.4, -0.2) is 29.9 Å². The fourth-order valence-corrected chi connectivity index (χ4v) is 7.06. The van der Waals surface area contributed by atoms with Crippen molar-refractivity contribution in [1.29, 1.82) is 0 Å². The third kappa shape index (κ3) is 5.13. The van der Waals surface area contributed by atoms with Gasteiger partial charge >= 0.3 is 0 Å². The summed E-state index contributed by atoms with van der Waals surface area (Å²) in [6.45, 7) is 0. The molecule has 0 fully saturated rings. The zero-order chi connectivity index (χ0) is 34.4. The van der Waals surface area contributed by atoms with E-state index < -0.39 is 0 Å². The van der Waals surface area contributed by atoms with Crippen molar-refractivity contribution in [2.24, 2.45) is 0 Å². The van der Waals surface area contributed by atoms with Crippen LogP contribution in [0.4, 0.5) is 0 Å². The molecule has 242 valence electrons. The summed E-state index contributed by atoms with van der Waals surface area (Å²) in [7, 11) is 0. The standard InChI is InChI=1S/C46H28N6/c1-5-14-29(15-6-1)41-47-42(30-16-7-2-8-17-30)50-45(49-41)33-24-25-34-37-26-27-38(35-22-13-23-36(40(35)37)39(34)28-33)46-51-43(31-18-9-3-10-19-31)48-44(52-46)32-20-11-4-12-21-32/h1-28H. The van der Waals surface area contributed by atoms with Gasteiger partial charge in [0.2, 0.25) is 0 Å². The van der Waals surface area contributed by atoms with Crippen LogP contribution in [0.15, 0.2) is 170 Å². The summed E-state index contributed by atoms with van der Waals surface area (Å²) in [5.74, 6) is 3.83. The van der Waals surface area contributed by atoms with Crippen molar-refractivity contribution in [1.82, 2.24) is 29.9 Å². The molecule has 1 aliphatic rings. The van der Waals surface area contributed by atoms with Crippen molar-refractivity contribution in [3.8, 4) is 90.6 Å². The molecule has 2 heterocycles. The average Bonchev–Trinajstić information content (AvgIpc) is 3.56. The van der Waals surface area contributed by atoms with Crippen LogP contribution in [0.5, 0.6) is 0 Å². The van der Waals surface area contributed by atoms with Gasteiger partial charge in [-0.2, -0.15) is 0 Å². The molecule has 52 heavy (non-hydrogen) atoms. The van der Waals surface area contributed by atoms with Gasteiger partial charge in [-0.15, -0.1) is 0 Å². The van der Waals surface area contributed by atoms with E-state index in [-0.39, 0.29) is 0 Å². The van der Waals surface area contributed by atoms with Crippen molar-refractivity contribution in [3.63, 3.8) is 0 Å². The normalized spacial score (nSPS) is 11.5. The molecule has 7 aromatic carbocycles. The molecule has 1 aliphatic carbocycles. The maximum absolute atomic E-state index is 5.05. The van der Waals surface area contributed by atoms with Crippen molar-refractivity contribution in [2.45, 2.75) is 0 Å². The molecular weight excluding hydrogens is 637 g/mol. The number of hydrogen-bond acceptors (Lipinski definition) is 6. The first kappa shape index (κ1) is 29.7. The maximum Gasteiger partial charge on any atom is 0.164 e. The molecule has 2 aromatic heterocycles. The van der Waals surface area contributed by atoms with E-state index in [4.69, 9.17) is 29.9 Å². The Morgan fingerprint density at radius 3 is 1.10 bits per heavy atom. The summed E-state index contributed by atoms with van der Waals surface area (Å²) < 4.78 is 0. The number of nitrogens with zero attached hydrogens (tertiary/aromatic N) is 6. The lowest BCUT2D eigenvalue weighted by Crippen LogP contribution is -2.00. The van der Waals surface area contributed by atoms with Gasteiger partial charge in [0.1, 0.15) is 0 Å². The number of benzene rings is 7. The molecule has 0 saturated carbocycles. The van der Waals surface area contributed by atoms with Crippen molar-refractivity contribution < 1.29 is 0 Å². The fourth-order valence-electron chi connectivity index (χ4n) is 7.06. The van der Waals surface area contributed by atoms with E-state index in [1.54, 1.807) is 0 Å². The Bertz CT molecular complexity index is 2650. The molecule has 0 N–H and O–H groups in total. The minimum absolute atomic E-state index is 0.631. The van der Waals surface area contributed by atoms with Gasteiger partial charge in [-0.25, -0.2) is 29.9 Å². The van der Waals surface area contributed by atoms with Crippen molar-refractivity contribution in [3.05, 3.63) is 170 Å². The molecule has 0 aliphatic heterocycles. The quantitative estimate of drug-likeness (QED) is 0.176. The maximum atomic E-state index is 5.05. The summed E-state index contributed by atoms with van der Waals surface area (Å²) in [5, 5.41) is 2.27. The summed E-state index contributed by atoms with van der Waals surface area (Å²) in [5.41, 5.74) is 10.3. The second-order valence-corrected chi connectivity index (χ2v) is 12.7. The molecule has 9 aromatic rings. The summed E-state index contributed by atoms with van der Waals surface area (Å²) in [4.78, 5) is 29.9. The minimum Gasteiger partial charge on any atom is -0.208 e. The topological polar surface area (TPSA) is 77.3 Å². The van der Waals surface area contributed by atoms with Crippen LogP contribution < -0.4 is 0 Å². The Balaban J connectivity index is 1.12. The molecule has 6 nitrogen and oxygen atoms in total. The second-order valence-electron chi connectivity index (χ2n) is 12.7. The van der Waals surface area contributed by atoms with Gasteiger partial charge in [0.25, 0.3) is 0 Å². The van der Waals surface area contributed by atoms with Gasteiger partial charge < -0.3 is 0 Å². The predicted molar refractivity (Wildman–Crippen MR) is 208 cm³/mol.